The molecule has 0 aromatic heterocycles. The number of nitrogens with one attached hydrogen (secondary N) is 2. The minimum Gasteiger partial charge on any atom is -0.395 e. The maximum absolute atomic E-state index is 11.8. The van der Waals surface area contributed by atoms with Crippen LogP contribution < -0.4 is 9.44 Å². The van der Waals surface area contributed by atoms with Gasteiger partial charge in [0.15, 0.2) is 0 Å². The SMILES string of the molecule is Cc1cc(NS(=O)(=O)NCC(C)C)ccc1C#CCCO. The second kappa shape index (κ2) is 8.03. The summed E-state index contributed by atoms with van der Waals surface area (Å²) in [6.07, 6.45) is 0.424. The van der Waals surface area contributed by atoms with Crippen molar-refractivity contribution in [3.63, 3.8) is 0 Å². The summed E-state index contributed by atoms with van der Waals surface area (Å²) >= 11 is 0. The summed E-state index contributed by atoms with van der Waals surface area (Å²) in [7, 11) is -3.55. The van der Waals surface area contributed by atoms with E-state index in [0.717, 1.165) is 11.1 Å². The molecule has 1 aromatic carbocycles. The van der Waals surface area contributed by atoms with E-state index in [1.807, 2.05) is 20.8 Å². The fourth-order valence-electron chi connectivity index (χ4n) is 1.55. The molecule has 0 radical (unpaired) electrons. The molecule has 0 aliphatic carbocycles. The Hall–Kier alpha value is -1.55. The number of hydrogen-bond donors (Lipinski definition) is 3. The molecule has 21 heavy (non-hydrogen) atoms. The Balaban J connectivity index is 2.78. The quantitative estimate of drug-likeness (QED) is 0.699. The van der Waals surface area contributed by atoms with E-state index in [1.54, 1.807) is 18.2 Å². The van der Waals surface area contributed by atoms with E-state index < -0.39 is 10.2 Å². The lowest BCUT2D eigenvalue weighted by Gasteiger charge is -2.11. The third-order valence-electron chi connectivity index (χ3n) is 2.62. The lowest BCUT2D eigenvalue weighted by atomic mass is 10.1. The molecule has 0 heterocycles. The fraction of sp³-hybridized carbons (Fsp3) is 0.467. The molecule has 0 aliphatic rings. The lowest BCUT2D eigenvalue weighted by Crippen LogP contribution is -2.32. The number of benzene rings is 1. The fourth-order valence-corrected chi connectivity index (χ4v) is 2.61. The first-order valence-electron chi connectivity index (χ1n) is 6.82. The molecule has 116 valence electrons. The van der Waals surface area contributed by atoms with Gasteiger partial charge in [-0.05, 0) is 36.6 Å². The molecule has 0 saturated carbocycles. The molecule has 6 heteroatoms. The average Bonchev–Trinajstić information content (AvgIpc) is 2.39. The molecule has 1 rings (SSSR count). The van der Waals surface area contributed by atoms with Gasteiger partial charge in [-0.15, -0.1) is 0 Å². The minimum atomic E-state index is -3.55. The van der Waals surface area contributed by atoms with E-state index in [4.69, 9.17) is 5.11 Å². The number of aryl methyl sites for hydroxylation is 1. The van der Waals surface area contributed by atoms with Gasteiger partial charge in [0, 0.05) is 18.5 Å². The highest BCUT2D eigenvalue weighted by Gasteiger charge is 2.10. The van der Waals surface area contributed by atoms with Crippen molar-refractivity contribution in [2.75, 3.05) is 17.9 Å². The summed E-state index contributed by atoms with van der Waals surface area (Å²) in [4.78, 5) is 0. The average molecular weight is 310 g/mol. The molecule has 3 N–H and O–H groups in total. The Morgan fingerprint density at radius 1 is 1.33 bits per heavy atom. The summed E-state index contributed by atoms with van der Waals surface area (Å²) in [6, 6.07) is 5.17. The van der Waals surface area contributed by atoms with Crippen LogP contribution in [0.25, 0.3) is 0 Å². The topological polar surface area (TPSA) is 78.4 Å². The van der Waals surface area contributed by atoms with E-state index in [-0.39, 0.29) is 12.5 Å². The summed E-state index contributed by atoms with van der Waals surface area (Å²) in [5.74, 6) is 6.03. The molecule has 0 atom stereocenters. The first-order valence-corrected chi connectivity index (χ1v) is 8.30. The smallest absolute Gasteiger partial charge is 0.299 e. The van der Waals surface area contributed by atoms with Crippen molar-refractivity contribution in [1.29, 1.82) is 0 Å². The third kappa shape index (κ3) is 6.63. The van der Waals surface area contributed by atoms with Crippen LogP contribution in [0.15, 0.2) is 18.2 Å². The lowest BCUT2D eigenvalue weighted by molar-refractivity contribution is 0.305. The molecule has 0 spiro atoms. The van der Waals surface area contributed by atoms with Gasteiger partial charge >= 0.3 is 0 Å². The highest BCUT2D eigenvalue weighted by atomic mass is 32.2. The van der Waals surface area contributed by atoms with Gasteiger partial charge in [0.05, 0.1) is 12.3 Å². The van der Waals surface area contributed by atoms with Gasteiger partial charge in [-0.1, -0.05) is 25.7 Å². The van der Waals surface area contributed by atoms with Crippen LogP contribution in [-0.2, 0) is 10.2 Å². The van der Waals surface area contributed by atoms with Gasteiger partial charge < -0.3 is 5.11 Å². The molecule has 0 saturated heterocycles. The van der Waals surface area contributed by atoms with Gasteiger partial charge in [-0.25, -0.2) is 0 Å². The van der Waals surface area contributed by atoms with E-state index >= 15 is 0 Å². The number of rotatable bonds is 6. The zero-order valence-corrected chi connectivity index (χ0v) is 13.4. The summed E-state index contributed by atoms with van der Waals surface area (Å²) < 4.78 is 28.6. The van der Waals surface area contributed by atoms with Crippen molar-refractivity contribution in [2.24, 2.45) is 5.92 Å². The summed E-state index contributed by atoms with van der Waals surface area (Å²) in [6.45, 7) is 6.16. The van der Waals surface area contributed by atoms with Crippen LogP contribution in [0, 0.1) is 24.7 Å². The van der Waals surface area contributed by atoms with Crippen molar-refractivity contribution in [3.05, 3.63) is 29.3 Å². The van der Waals surface area contributed by atoms with Gasteiger partial charge in [0.25, 0.3) is 10.2 Å². The van der Waals surface area contributed by atoms with Crippen LogP contribution in [0.3, 0.4) is 0 Å². The number of aliphatic hydroxyl groups is 1. The van der Waals surface area contributed by atoms with Gasteiger partial charge in [0.2, 0.25) is 0 Å². The maximum atomic E-state index is 11.8. The minimum absolute atomic E-state index is 0.0332. The zero-order valence-electron chi connectivity index (χ0n) is 12.6. The Bertz CT molecular complexity index is 628. The standard InChI is InChI=1S/C15H22N2O3S/c1-12(2)11-16-21(19,20)17-15-8-7-14(13(3)10-15)6-4-5-9-18/h7-8,10,12,16-18H,5,9,11H2,1-3H3. The summed E-state index contributed by atoms with van der Waals surface area (Å²) in [5.41, 5.74) is 2.20. The van der Waals surface area contributed by atoms with Crippen molar-refractivity contribution in [3.8, 4) is 11.8 Å². The molecular weight excluding hydrogens is 288 g/mol. The first kappa shape index (κ1) is 17.5. The van der Waals surface area contributed by atoms with Crippen LogP contribution in [-0.4, -0.2) is 26.7 Å². The normalized spacial score (nSPS) is 11.1. The summed E-state index contributed by atoms with van der Waals surface area (Å²) in [5, 5.41) is 8.69. The highest BCUT2D eigenvalue weighted by Crippen LogP contribution is 2.15. The van der Waals surface area contributed by atoms with E-state index in [0.29, 0.717) is 18.7 Å². The Morgan fingerprint density at radius 2 is 2.05 bits per heavy atom. The van der Waals surface area contributed by atoms with Crippen LogP contribution in [0.5, 0.6) is 0 Å². The van der Waals surface area contributed by atoms with Gasteiger partial charge in [0.1, 0.15) is 0 Å². The van der Waals surface area contributed by atoms with Gasteiger partial charge in [-0.2, -0.15) is 13.1 Å². The van der Waals surface area contributed by atoms with Crippen LogP contribution in [0.2, 0.25) is 0 Å². The third-order valence-corrected chi connectivity index (χ3v) is 3.67. The molecule has 0 unspecified atom stereocenters. The first-order chi connectivity index (χ1) is 9.84. The van der Waals surface area contributed by atoms with Crippen molar-refractivity contribution < 1.29 is 13.5 Å². The van der Waals surface area contributed by atoms with E-state index in [9.17, 15) is 8.42 Å². The Labute approximate surface area is 127 Å². The molecular formula is C15H22N2O3S. The Kier molecular flexibility index (Phi) is 6.69. The second-order valence-corrected chi connectivity index (χ2v) is 6.65. The van der Waals surface area contributed by atoms with E-state index in [1.165, 1.54) is 0 Å². The van der Waals surface area contributed by atoms with Crippen molar-refractivity contribution in [2.45, 2.75) is 27.2 Å². The predicted molar refractivity (Wildman–Crippen MR) is 85.1 cm³/mol. The van der Waals surface area contributed by atoms with E-state index in [2.05, 4.69) is 21.3 Å². The number of anilines is 1. The largest absolute Gasteiger partial charge is 0.395 e. The molecule has 5 nitrogen and oxygen atoms in total. The van der Waals surface area contributed by atoms with Gasteiger partial charge in [-0.3, -0.25) is 4.72 Å². The molecule has 1 aromatic rings. The molecule has 0 fully saturated rings. The van der Waals surface area contributed by atoms with Crippen molar-refractivity contribution >= 4 is 15.9 Å². The zero-order chi connectivity index (χ0) is 15.9. The molecule has 0 bridgehead atoms. The second-order valence-electron chi connectivity index (χ2n) is 5.15. The number of hydrogen-bond acceptors (Lipinski definition) is 3. The number of aliphatic hydroxyl groups excluding tert-OH is 1. The molecule has 0 amide bonds. The van der Waals surface area contributed by atoms with Crippen LogP contribution in [0.4, 0.5) is 5.69 Å². The van der Waals surface area contributed by atoms with Crippen molar-refractivity contribution in [1.82, 2.24) is 4.72 Å². The predicted octanol–water partition coefficient (Wildman–Crippen LogP) is 1.63. The Morgan fingerprint density at radius 3 is 2.62 bits per heavy atom. The van der Waals surface area contributed by atoms with Crippen LogP contribution in [0.1, 0.15) is 31.4 Å². The highest BCUT2D eigenvalue weighted by molar-refractivity contribution is 7.90. The maximum Gasteiger partial charge on any atom is 0.299 e. The monoisotopic (exact) mass is 310 g/mol. The van der Waals surface area contributed by atoms with Crippen LogP contribution >= 0.6 is 0 Å². The molecule has 0 aliphatic heterocycles.